The van der Waals surface area contributed by atoms with E-state index in [1.165, 1.54) is 6.92 Å². The van der Waals surface area contributed by atoms with Crippen LogP contribution in [0.15, 0.2) is 60.8 Å². The molecule has 56 heavy (non-hydrogen) atoms. The van der Waals surface area contributed by atoms with Gasteiger partial charge in [0.2, 0.25) is 53.2 Å². The van der Waals surface area contributed by atoms with E-state index in [0.717, 1.165) is 10.9 Å². The van der Waals surface area contributed by atoms with Crippen LogP contribution < -0.4 is 48.3 Å². The van der Waals surface area contributed by atoms with Crippen molar-refractivity contribution in [3.63, 3.8) is 0 Å². The number of carbonyl (C=O) groups excluding carboxylic acids is 9. The topological polar surface area (TPSA) is 292 Å². The summed E-state index contributed by atoms with van der Waals surface area (Å²) in [7, 11) is 0. The van der Waals surface area contributed by atoms with E-state index in [-0.39, 0.29) is 38.6 Å². The number of nitrogens with one attached hydrogen (secondary N) is 9. The monoisotopic (exact) mass is 774 g/mol. The van der Waals surface area contributed by atoms with Gasteiger partial charge in [-0.2, -0.15) is 0 Å². The van der Waals surface area contributed by atoms with Crippen LogP contribution in [-0.4, -0.2) is 108 Å². The number of aromatic amines is 1. The van der Waals surface area contributed by atoms with Crippen LogP contribution in [0.1, 0.15) is 37.3 Å². The number of H-pyrrole nitrogens is 1. The molecule has 0 unspecified atom stereocenters. The van der Waals surface area contributed by atoms with Crippen LogP contribution in [0.5, 0.6) is 0 Å². The van der Waals surface area contributed by atoms with Gasteiger partial charge in [0, 0.05) is 49.8 Å². The maximum absolute atomic E-state index is 13.6. The van der Waals surface area contributed by atoms with Gasteiger partial charge in [-0.1, -0.05) is 48.5 Å². The highest BCUT2D eigenvalue weighted by Crippen LogP contribution is 2.19. The number of amides is 9. The first kappa shape index (κ1) is 42.0. The second-order valence-electron chi connectivity index (χ2n) is 13.1. The van der Waals surface area contributed by atoms with Crippen molar-refractivity contribution in [3.05, 3.63) is 71.9 Å². The number of carbonyl (C=O) groups is 9. The summed E-state index contributed by atoms with van der Waals surface area (Å²) in [4.78, 5) is 119. The summed E-state index contributed by atoms with van der Waals surface area (Å²) in [6, 6.07) is 11.0. The second kappa shape index (κ2) is 20.6. The van der Waals surface area contributed by atoms with Crippen molar-refractivity contribution < 1.29 is 43.2 Å². The SMILES string of the molecule is CC(=O)NCC(=O)N[C@H]1CCC(=O)NCC[C@@H](C(=O)N[C@H](Cc2c[nH]c3ccccc23)C(N)=O)NC(=O)CNC(=O)[C@@H](Cc2ccccc2)NC(=O)CNC1=O. The number of hydrogen-bond donors (Lipinski definition) is 10. The highest BCUT2D eigenvalue weighted by Gasteiger charge is 2.29. The first-order valence-corrected chi connectivity index (χ1v) is 17.9. The molecule has 0 radical (unpaired) electrons. The molecule has 2 aromatic carbocycles. The number of primary amides is 1. The molecule has 1 aliphatic heterocycles. The normalized spacial score (nSPS) is 19.6. The van der Waals surface area contributed by atoms with Crippen molar-refractivity contribution in [2.45, 2.75) is 63.2 Å². The maximum Gasteiger partial charge on any atom is 0.243 e. The Labute approximate surface area is 321 Å². The summed E-state index contributed by atoms with van der Waals surface area (Å²) in [6.07, 6.45) is 1.06. The van der Waals surface area contributed by atoms with Gasteiger partial charge in [-0.15, -0.1) is 0 Å². The van der Waals surface area contributed by atoms with Crippen LogP contribution in [0.3, 0.4) is 0 Å². The number of aromatic nitrogens is 1. The van der Waals surface area contributed by atoms with E-state index in [1.807, 2.05) is 24.3 Å². The number of nitrogens with two attached hydrogens (primary N) is 1. The van der Waals surface area contributed by atoms with Gasteiger partial charge in [0.25, 0.3) is 0 Å². The largest absolute Gasteiger partial charge is 0.368 e. The summed E-state index contributed by atoms with van der Waals surface area (Å²) in [5.74, 6) is -6.53. The molecule has 4 rings (SSSR count). The number of fused-ring (bicyclic) bond motifs is 1. The van der Waals surface area contributed by atoms with E-state index >= 15 is 0 Å². The molecule has 0 aliphatic carbocycles. The van der Waals surface area contributed by atoms with E-state index in [9.17, 15) is 43.2 Å². The molecule has 1 aromatic heterocycles. The zero-order valence-corrected chi connectivity index (χ0v) is 30.7. The van der Waals surface area contributed by atoms with Crippen LogP contribution in [-0.2, 0) is 56.0 Å². The predicted octanol–water partition coefficient (Wildman–Crippen LogP) is -2.95. The van der Waals surface area contributed by atoms with Crippen molar-refractivity contribution >= 4 is 64.1 Å². The third kappa shape index (κ3) is 13.3. The van der Waals surface area contributed by atoms with Crippen LogP contribution in [0.2, 0.25) is 0 Å². The van der Waals surface area contributed by atoms with E-state index in [2.05, 4.69) is 47.5 Å². The average Bonchev–Trinajstić information content (AvgIpc) is 3.58. The number of rotatable bonds is 10. The maximum atomic E-state index is 13.6. The lowest BCUT2D eigenvalue weighted by Gasteiger charge is -2.23. The minimum Gasteiger partial charge on any atom is -0.368 e. The molecule has 19 heteroatoms. The van der Waals surface area contributed by atoms with Crippen molar-refractivity contribution in [2.75, 3.05) is 26.2 Å². The molecule has 1 saturated heterocycles. The quantitative estimate of drug-likeness (QED) is 0.101. The molecule has 0 saturated carbocycles. The first-order chi connectivity index (χ1) is 26.8. The standard InChI is InChI=1S/C37H46N10O9/c1-21(48)40-18-31(50)44-26-11-12-30(49)39-14-13-27(37(56)47-28(34(38)53)16-23-17-41-25-10-6-5-9-24(23)25)45-32(51)19-43-36(55)29(15-22-7-3-2-4-8-22)46-33(52)20-42-35(26)54/h2-10,17,26-29,41H,11-16,18-20H2,1H3,(H2,38,53)(H,39,49)(H,40,48)(H,42,54)(H,43,55)(H,44,50)(H,45,51)(H,46,52)(H,47,56)/t26-,27-,28+,29+/m0/s1. The van der Waals surface area contributed by atoms with Gasteiger partial charge in [-0.05, 0) is 30.0 Å². The van der Waals surface area contributed by atoms with Gasteiger partial charge < -0.3 is 53.3 Å². The molecule has 298 valence electrons. The Bertz CT molecular complexity index is 1930. The molecule has 1 fully saturated rings. The van der Waals surface area contributed by atoms with Gasteiger partial charge >= 0.3 is 0 Å². The molecule has 0 bridgehead atoms. The molecular weight excluding hydrogens is 728 g/mol. The summed E-state index contributed by atoms with van der Waals surface area (Å²) in [5, 5.41) is 20.7. The van der Waals surface area contributed by atoms with Crippen molar-refractivity contribution in [3.8, 4) is 0 Å². The highest BCUT2D eigenvalue weighted by molar-refractivity contribution is 5.96. The number of hydrogen-bond acceptors (Lipinski definition) is 9. The van der Waals surface area contributed by atoms with Crippen LogP contribution in [0.4, 0.5) is 0 Å². The van der Waals surface area contributed by atoms with Gasteiger partial charge in [0.05, 0.1) is 19.6 Å². The van der Waals surface area contributed by atoms with E-state index in [1.54, 1.807) is 36.5 Å². The predicted molar refractivity (Wildman–Crippen MR) is 201 cm³/mol. The van der Waals surface area contributed by atoms with E-state index in [4.69, 9.17) is 5.73 Å². The zero-order valence-electron chi connectivity index (χ0n) is 30.7. The smallest absolute Gasteiger partial charge is 0.243 e. The molecule has 11 N–H and O–H groups in total. The number of benzene rings is 2. The fourth-order valence-electron chi connectivity index (χ4n) is 5.85. The fraction of sp³-hybridized carbons (Fsp3) is 0.378. The number of para-hydroxylation sites is 1. The lowest BCUT2D eigenvalue weighted by Crippen LogP contribution is -2.56. The third-order valence-electron chi connectivity index (χ3n) is 8.76. The summed E-state index contributed by atoms with van der Waals surface area (Å²) in [5.41, 5.74) is 7.86. The van der Waals surface area contributed by atoms with Gasteiger partial charge in [0.1, 0.15) is 24.2 Å². The molecule has 2 heterocycles. The average molecular weight is 775 g/mol. The second-order valence-corrected chi connectivity index (χ2v) is 13.1. The van der Waals surface area contributed by atoms with Crippen molar-refractivity contribution in [1.29, 1.82) is 0 Å². The molecular formula is C37H46N10O9. The molecule has 3 aromatic rings. The molecule has 1 aliphatic rings. The van der Waals surface area contributed by atoms with Gasteiger partial charge in [-0.25, -0.2) is 0 Å². The lowest BCUT2D eigenvalue weighted by atomic mass is 10.0. The Kier molecular flexibility index (Phi) is 15.4. The highest BCUT2D eigenvalue weighted by atomic mass is 16.2. The Hall–Kier alpha value is -6.79. The summed E-state index contributed by atoms with van der Waals surface area (Å²) >= 11 is 0. The molecule has 0 spiro atoms. The van der Waals surface area contributed by atoms with Gasteiger partial charge in [-0.3, -0.25) is 43.2 Å². The first-order valence-electron chi connectivity index (χ1n) is 17.9. The van der Waals surface area contributed by atoms with Crippen LogP contribution in [0.25, 0.3) is 10.9 Å². The molecule has 19 nitrogen and oxygen atoms in total. The van der Waals surface area contributed by atoms with E-state index < -0.39 is 97.0 Å². The van der Waals surface area contributed by atoms with E-state index in [0.29, 0.717) is 11.1 Å². The molecule has 9 amide bonds. The van der Waals surface area contributed by atoms with Gasteiger partial charge in [0.15, 0.2) is 0 Å². The van der Waals surface area contributed by atoms with Crippen molar-refractivity contribution in [1.82, 2.24) is 47.5 Å². The summed E-state index contributed by atoms with van der Waals surface area (Å²) in [6.45, 7) is -0.618. The fourth-order valence-corrected chi connectivity index (χ4v) is 5.85. The Balaban J connectivity index is 1.53. The zero-order chi connectivity index (χ0) is 40.6. The summed E-state index contributed by atoms with van der Waals surface area (Å²) < 4.78 is 0. The Morgan fingerprint density at radius 3 is 2.21 bits per heavy atom. The van der Waals surface area contributed by atoms with Crippen LogP contribution in [0, 0.1) is 0 Å². The van der Waals surface area contributed by atoms with Crippen molar-refractivity contribution in [2.24, 2.45) is 5.73 Å². The third-order valence-corrected chi connectivity index (χ3v) is 8.76. The Morgan fingerprint density at radius 2 is 1.50 bits per heavy atom. The molecule has 4 atom stereocenters. The van der Waals surface area contributed by atoms with Crippen LogP contribution >= 0.6 is 0 Å². The minimum atomic E-state index is -1.32. The minimum absolute atomic E-state index is 0.0134. The Morgan fingerprint density at radius 1 is 0.821 bits per heavy atom. The lowest BCUT2D eigenvalue weighted by molar-refractivity contribution is -0.133.